The number of hydrogen-bond donors (Lipinski definition) is 0. The molecule has 0 aliphatic carbocycles. The second-order valence-corrected chi connectivity index (χ2v) is 5.38. The first-order valence-corrected chi connectivity index (χ1v) is 6.29. The molecular weight excluding hydrogens is 256 g/mol. The zero-order valence-corrected chi connectivity index (χ0v) is 11.3. The lowest BCUT2D eigenvalue weighted by atomic mass is 9.89. The summed E-state index contributed by atoms with van der Waals surface area (Å²) in [4.78, 5) is 36.9. The van der Waals surface area contributed by atoms with Gasteiger partial charge in [0.15, 0.2) is 0 Å². The van der Waals surface area contributed by atoms with Gasteiger partial charge in [0.1, 0.15) is 0 Å². The summed E-state index contributed by atoms with van der Waals surface area (Å²) in [6, 6.07) is 8.45. The first kappa shape index (κ1) is 13.9. The van der Waals surface area contributed by atoms with Gasteiger partial charge in [-0.3, -0.25) is 14.4 Å². The number of nitriles is 1. The van der Waals surface area contributed by atoms with Crippen LogP contribution >= 0.6 is 0 Å². The van der Waals surface area contributed by atoms with Gasteiger partial charge in [-0.05, 0) is 32.4 Å². The van der Waals surface area contributed by atoms with Gasteiger partial charge in [-0.25, -0.2) is 4.90 Å². The summed E-state index contributed by atoms with van der Waals surface area (Å²) in [7, 11) is 0. The summed E-state index contributed by atoms with van der Waals surface area (Å²) in [6.45, 7) is 3.42. The third kappa shape index (κ3) is 2.32. The fourth-order valence-corrected chi connectivity index (χ4v) is 2.00. The zero-order chi connectivity index (χ0) is 14.9. The van der Waals surface area contributed by atoms with E-state index < -0.39 is 23.1 Å². The van der Waals surface area contributed by atoms with E-state index in [2.05, 4.69) is 6.07 Å². The number of carbonyl (C=O) groups is 3. The number of benzene rings is 1. The molecule has 0 aromatic heterocycles. The van der Waals surface area contributed by atoms with E-state index >= 15 is 0 Å². The van der Waals surface area contributed by atoms with Crippen LogP contribution in [-0.2, 0) is 4.79 Å². The Hall–Kier alpha value is -2.48. The summed E-state index contributed by atoms with van der Waals surface area (Å²) in [5.74, 6) is -1.71. The lowest BCUT2D eigenvalue weighted by molar-refractivity contribution is -0.126. The highest BCUT2D eigenvalue weighted by atomic mass is 16.2. The second-order valence-electron chi connectivity index (χ2n) is 5.38. The molecule has 0 atom stereocenters. The molecule has 3 amide bonds. The number of imide groups is 3. The maximum Gasteiger partial charge on any atom is 0.268 e. The highest BCUT2D eigenvalue weighted by molar-refractivity contribution is 6.28. The van der Waals surface area contributed by atoms with Crippen LogP contribution in [0.4, 0.5) is 0 Å². The largest absolute Gasteiger partial charge is 0.274 e. The molecule has 5 heteroatoms. The summed E-state index contributed by atoms with van der Waals surface area (Å²) < 4.78 is 0. The van der Waals surface area contributed by atoms with Crippen molar-refractivity contribution < 1.29 is 14.4 Å². The summed E-state index contributed by atoms with van der Waals surface area (Å²) in [6.07, 6.45) is 0.293. The van der Waals surface area contributed by atoms with Crippen LogP contribution in [0.1, 0.15) is 47.4 Å². The van der Waals surface area contributed by atoms with E-state index in [0.717, 1.165) is 0 Å². The average molecular weight is 270 g/mol. The topological polar surface area (TPSA) is 78.2 Å². The van der Waals surface area contributed by atoms with Crippen molar-refractivity contribution in [3.8, 4) is 6.07 Å². The van der Waals surface area contributed by atoms with Gasteiger partial charge in [-0.1, -0.05) is 12.1 Å². The van der Waals surface area contributed by atoms with Crippen LogP contribution < -0.4 is 0 Å². The Labute approximate surface area is 116 Å². The Balaban J connectivity index is 2.16. The molecular formula is C15H14N2O3. The zero-order valence-electron chi connectivity index (χ0n) is 11.3. The van der Waals surface area contributed by atoms with Gasteiger partial charge in [0, 0.05) is 6.42 Å². The molecule has 1 heterocycles. The molecule has 0 unspecified atom stereocenters. The molecule has 1 aliphatic rings. The van der Waals surface area contributed by atoms with E-state index in [1.807, 2.05) is 0 Å². The summed E-state index contributed by atoms with van der Waals surface area (Å²) >= 11 is 0. The smallest absolute Gasteiger partial charge is 0.268 e. The van der Waals surface area contributed by atoms with Crippen molar-refractivity contribution in [3.63, 3.8) is 0 Å². The van der Waals surface area contributed by atoms with E-state index in [0.29, 0.717) is 11.3 Å². The molecule has 0 saturated carbocycles. The Bertz CT molecular complexity index is 606. The van der Waals surface area contributed by atoms with Crippen LogP contribution in [0.15, 0.2) is 24.3 Å². The number of rotatable bonds is 3. The highest BCUT2D eigenvalue weighted by Gasteiger charge is 2.39. The SMILES string of the molecule is CC(C)(C#N)CCC(=O)N1C(=O)c2ccccc2C1=O. The predicted molar refractivity (Wildman–Crippen MR) is 70.6 cm³/mol. The van der Waals surface area contributed by atoms with Crippen molar-refractivity contribution in [3.05, 3.63) is 35.4 Å². The average Bonchev–Trinajstić information content (AvgIpc) is 2.69. The minimum atomic E-state index is -0.658. The molecule has 0 N–H and O–H groups in total. The van der Waals surface area contributed by atoms with Crippen molar-refractivity contribution in [2.45, 2.75) is 26.7 Å². The van der Waals surface area contributed by atoms with E-state index in [9.17, 15) is 14.4 Å². The van der Waals surface area contributed by atoms with Gasteiger partial charge in [0.05, 0.1) is 22.6 Å². The Kier molecular flexibility index (Phi) is 3.41. The summed E-state index contributed by atoms with van der Waals surface area (Å²) in [5, 5.41) is 8.91. The first-order valence-electron chi connectivity index (χ1n) is 6.29. The molecule has 2 rings (SSSR count). The first-order chi connectivity index (χ1) is 9.37. The Morgan fingerprint density at radius 2 is 1.70 bits per heavy atom. The van der Waals surface area contributed by atoms with Crippen LogP contribution in [0, 0.1) is 16.7 Å². The number of fused-ring (bicyclic) bond motifs is 1. The molecule has 1 aromatic rings. The number of amides is 3. The predicted octanol–water partition coefficient (Wildman–Crippen LogP) is 2.14. The molecule has 102 valence electrons. The lowest BCUT2D eigenvalue weighted by Crippen LogP contribution is -2.36. The lowest BCUT2D eigenvalue weighted by Gasteiger charge is -2.16. The molecule has 0 bridgehead atoms. The van der Waals surface area contributed by atoms with Crippen molar-refractivity contribution in [2.24, 2.45) is 5.41 Å². The van der Waals surface area contributed by atoms with Crippen LogP contribution in [0.2, 0.25) is 0 Å². The molecule has 0 spiro atoms. The molecule has 0 saturated heterocycles. The number of carbonyl (C=O) groups excluding carboxylic acids is 3. The second kappa shape index (κ2) is 4.89. The van der Waals surface area contributed by atoms with Gasteiger partial charge in [0.25, 0.3) is 11.8 Å². The molecule has 1 aliphatic heterocycles. The highest BCUT2D eigenvalue weighted by Crippen LogP contribution is 2.26. The van der Waals surface area contributed by atoms with E-state index in [1.165, 1.54) is 12.1 Å². The minimum absolute atomic E-state index is 0.00791. The fraction of sp³-hybridized carbons (Fsp3) is 0.333. The normalized spacial score (nSPS) is 14.2. The molecule has 0 fully saturated rings. The van der Waals surface area contributed by atoms with Crippen LogP contribution in [0.3, 0.4) is 0 Å². The minimum Gasteiger partial charge on any atom is -0.274 e. The van der Waals surface area contributed by atoms with Gasteiger partial charge >= 0.3 is 0 Å². The van der Waals surface area contributed by atoms with E-state index in [4.69, 9.17) is 5.26 Å². The Morgan fingerprint density at radius 1 is 1.20 bits per heavy atom. The number of nitrogens with zero attached hydrogens (tertiary/aromatic N) is 2. The van der Waals surface area contributed by atoms with Gasteiger partial charge in [-0.2, -0.15) is 5.26 Å². The standard InChI is InChI=1S/C15H14N2O3/c1-15(2,9-16)8-7-12(18)17-13(19)10-5-3-4-6-11(10)14(17)20/h3-6H,7-8H2,1-2H3. The maximum atomic E-state index is 12.1. The van der Waals surface area contributed by atoms with E-state index in [-0.39, 0.29) is 17.5 Å². The Morgan fingerprint density at radius 3 is 2.15 bits per heavy atom. The maximum absolute atomic E-state index is 12.1. The third-order valence-corrected chi connectivity index (χ3v) is 3.31. The third-order valence-electron chi connectivity index (χ3n) is 3.31. The summed E-state index contributed by atoms with van der Waals surface area (Å²) in [5.41, 5.74) is -0.148. The van der Waals surface area contributed by atoms with Gasteiger partial charge < -0.3 is 0 Å². The van der Waals surface area contributed by atoms with Crippen molar-refractivity contribution in [2.75, 3.05) is 0 Å². The van der Waals surface area contributed by atoms with Crippen LogP contribution in [0.5, 0.6) is 0 Å². The molecule has 0 radical (unpaired) electrons. The molecule has 1 aromatic carbocycles. The fourth-order valence-electron chi connectivity index (χ4n) is 2.00. The van der Waals surface area contributed by atoms with Crippen molar-refractivity contribution in [1.29, 1.82) is 5.26 Å². The van der Waals surface area contributed by atoms with Crippen LogP contribution in [0.25, 0.3) is 0 Å². The van der Waals surface area contributed by atoms with Gasteiger partial charge in [0.2, 0.25) is 5.91 Å². The number of hydrogen-bond acceptors (Lipinski definition) is 4. The van der Waals surface area contributed by atoms with E-state index in [1.54, 1.807) is 26.0 Å². The molecule has 5 nitrogen and oxygen atoms in total. The van der Waals surface area contributed by atoms with Gasteiger partial charge in [-0.15, -0.1) is 0 Å². The quantitative estimate of drug-likeness (QED) is 0.788. The monoisotopic (exact) mass is 270 g/mol. The van der Waals surface area contributed by atoms with Crippen molar-refractivity contribution >= 4 is 17.7 Å². The van der Waals surface area contributed by atoms with Crippen LogP contribution in [-0.4, -0.2) is 22.6 Å². The van der Waals surface area contributed by atoms with Crippen molar-refractivity contribution in [1.82, 2.24) is 4.90 Å². The molecule has 20 heavy (non-hydrogen) atoms.